The smallest absolute Gasteiger partial charge is 0.0772 e. The highest BCUT2D eigenvalue weighted by atomic mass is 32.1. The van der Waals surface area contributed by atoms with Gasteiger partial charge < -0.3 is 5.32 Å². The molecular formula is C14H21N5S. The van der Waals surface area contributed by atoms with Gasteiger partial charge in [-0.25, -0.2) is 0 Å². The highest BCUT2D eigenvalue weighted by Gasteiger charge is 2.18. The summed E-state index contributed by atoms with van der Waals surface area (Å²) in [5.74, 6) is 0. The molecule has 2 aromatic rings. The lowest BCUT2D eigenvalue weighted by molar-refractivity contribution is 0.458. The minimum Gasteiger partial charge on any atom is -0.304 e. The first-order valence-electron chi connectivity index (χ1n) is 7.30. The van der Waals surface area contributed by atoms with Crippen LogP contribution in [0, 0.1) is 6.92 Å². The quantitative estimate of drug-likeness (QED) is 0.920. The van der Waals surface area contributed by atoms with Crippen LogP contribution in [0.5, 0.6) is 0 Å². The lowest BCUT2D eigenvalue weighted by Gasteiger charge is -2.11. The van der Waals surface area contributed by atoms with Crippen molar-refractivity contribution in [1.29, 1.82) is 0 Å². The van der Waals surface area contributed by atoms with Gasteiger partial charge >= 0.3 is 0 Å². The van der Waals surface area contributed by atoms with Gasteiger partial charge in [0.2, 0.25) is 0 Å². The number of aromatic nitrogens is 4. The van der Waals surface area contributed by atoms with Gasteiger partial charge in [-0.3, -0.25) is 4.68 Å². The van der Waals surface area contributed by atoms with Crippen molar-refractivity contribution in [2.45, 2.75) is 58.2 Å². The van der Waals surface area contributed by atoms with E-state index in [9.17, 15) is 0 Å². The van der Waals surface area contributed by atoms with Crippen LogP contribution in [0.4, 0.5) is 0 Å². The first kappa shape index (κ1) is 13.7. The van der Waals surface area contributed by atoms with Crippen LogP contribution in [0.3, 0.4) is 0 Å². The standard InChI is InChI=1S/C14H21N5S/c1-10(14-11(2)16-18-20-14)15-9-12-7-8-19(17-12)13-5-3-4-6-13/h7-8,10,13,15H,3-6,9H2,1-2H3. The maximum Gasteiger partial charge on any atom is 0.0772 e. The van der Waals surface area contributed by atoms with Gasteiger partial charge in [-0.1, -0.05) is 17.3 Å². The monoisotopic (exact) mass is 291 g/mol. The molecule has 20 heavy (non-hydrogen) atoms. The average molecular weight is 291 g/mol. The summed E-state index contributed by atoms with van der Waals surface area (Å²) in [7, 11) is 0. The van der Waals surface area contributed by atoms with E-state index < -0.39 is 0 Å². The Labute approximate surface area is 123 Å². The molecule has 0 radical (unpaired) electrons. The fourth-order valence-corrected chi connectivity index (χ4v) is 3.49. The average Bonchev–Trinajstić information content (AvgIpc) is 3.16. The van der Waals surface area contributed by atoms with Gasteiger partial charge in [0.25, 0.3) is 0 Å². The van der Waals surface area contributed by atoms with Crippen LogP contribution in [-0.4, -0.2) is 19.4 Å². The van der Waals surface area contributed by atoms with Crippen molar-refractivity contribution in [3.8, 4) is 0 Å². The second-order valence-electron chi connectivity index (χ2n) is 5.55. The summed E-state index contributed by atoms with van der Waals surface area (Å²) in [6, 6.07) is 3.01. The van der Waals surface area contributed by atoms with Crippen LogP contribution in [-0.2, 0) is 6.54 Å². The third-order valence-corrected chi connectivity index (χ3v) is 5.04. The van der Waals surface area contributed by atoms with Gasteiger partial charge in [-0.15, -0.1) is 5.10 Å². The molecule has 2 aromatic heterocycles. The highest BCUT2D eigenvalue weighted by Crippen LogP contribution is 2.28. The maximum absolute atomic E-state index is 4.69. The van der Waals surface area contributed by atoms with E-state index in [0.29, 0.717) is 6.04 Å². The number of rotatable bonds is 5. The zero-order chi connectivity index (χ0) is 13.9. The number of nitrogens with zero attached hydrogens (tertiary/aromatic N) is 4. The van der Waals surface area contributed by atoms with Crippen LogP contribution in [0.2, 0.25) is 0 Å². The Morgan fingerprint density at radius 3 is 2.95 bits per heavy atom. The summed E-state index contributed by atoms with van der Waals surface area (Å²) < 4.78 is 6.13. The fourth-order valence-electron chi connectivity index (χ4n) is 2.83. The Kier molecular flexibility index (Phi) is 4.12. The number of hydrogen-bond acceptors (Lipinski definition) is 5. The first-order valence-corrected chi connectivity index (χ1v) is 8.07. The van der Waals surface area contributed by atoms with Crippen molar-refractivity contribution in [3.05, 3.63) is 28.5 Å². The van der Waals surface area contributed by atoms with Crippen LogP contribution >= 0.6 is 11.5 Å². The largest absolute Gasteiger partial charge is 0.304 e. The topological polar surface area (TPSA) is 55.6 Å². The molecule has 0 aliphatic heterocycles. The van der Waals surface area contributed by atoms with E-state index in [-0.39, 0.29) is 6.04 Å². The molecule has 0 spiro atoms. The van der Waals surface area contributed by atoms with Crippen LogP contribution in [0.1, 0.15) is 61.0 Å². The molecular weight excluding hydrogens is 270 g/mol. The molecule has 1 aliphatic rings. The Hall–Kier alpha value is -1.27. The van der Waals surface area contributed by atoms with Crippen molar-refractivity contribution >= 4 is 11.5 Å². The minimum absolute atomic E-state index is 0.270. The molecule has 2 heterocycles. The SMILES string of the molecule is Cc1nnsc1C(C)NCc1ccn(C2CCCC2)n1. The molecule has 0 amide bonds. The van der Waals surface area contributed by atoms with E-state index >= 15 is 0 Å². The Balaban J connectivity index is 1.57. The lowest BCUT2D eigenvalue weighted by Crippen LogP contribution is -2.18. The van der Waals surface area contributed by atoms with Gasteiger partial charge in [-0.05, 0) is 44.3 Å². The van der Waals surface area contributed by atoms with E-state index in [2.05, 4.69) is 38.8 Å². The summed E-state index contributed by atoms with van der Waals surface area (Å²) in [6.07, 6.45) is 7.35. The molecule has 1 saturated carbocycles. The van der Waals surface area contributed by atoms with Crippen LogP contribution < -0.4 is 5.32 Å². The van der Waals surface area contributed by atoms with Crippen molar-refractivity contribution < 1.29 is 0 Å². The van der Waals surface area contributed by atoms with Gasteiger partial charge in [0.15, 0.2) is 0 Å². The molecule has 0 aromatic carbocycles. The summed E-state index contributed by atoms with van der Waals surface area (Å²) >= 11 is 1.47. The molecule has 0 bridgehead atoms. The molecule has 1 atom stereocenters. The van der Waals surface area contributed by atoms with Crippen LogP contribution in [0.25, 0.3) is 0 Å². The number of nitrogens with one attached hydrogen (secondary N) is 1. The minimum atomic E-state index is 0.270. The van der Waals surface area contributed by atoms with Gasteiger partial charge in [-0.2, -0.15) is 5.10 Å². The number of hydrogen-bond donors (Lipinski definition) is 1. The van der Waals surface area contributed by atoms with Crippen molar-refractivity contribution in [2.75, 3.05) is 0 Å². The molecule has 1 fully saturated rings. The van der Waals surface area contributed by atoms with E-state index in [0.717, 1.165) is 17.9 Å². The molecule has 6 heteroatoms. The molecule has 0 saturated heterocycles. The molecule has 5 nitrogen and oxygen atoms in total. The third kappa shape index (κ3) is 2.91. The predicted octanol–water partition coefficient (Wildman–Crippen LogP) is 3.01. The predicted molar refractivity (Wildman–Crippen MR) is 79.6 cm³/mol. The van der Waals surface area contributed by atoms with E-state index in [1.54, 1.807) is 0 Å². The molecule has 1 N–H and O–H groups in total. The molecule has 1 unspecified atom stereocenters. The fraction of sp³-hybridized carbons (Fsp3) is 0.643. The van der Waals surface area contributed by atoms with Gasteiger partial charge in [0.1, 0.15) is 0 Å². The third-order valence-electron chi connectivity index (χ3n) is 4.03. The van der Waals surface area contributed by atoms with Gasteiger partial charge in [0.05, 0.1) is 22.3 Å². The molecule has 108 valence electrons. The second kappa shape index (κ2) is 6.01. The Morgan fingerprint density at radius 1 is 1.45 bits per heavy atom. The zero-order valence-electron chi connectivity index (χ0n) is 12.0. The van der Waals surface area contributed by atoms with Gasteiger partial charge in [0, 0.05) is 18.8 Å². The molecule has 1 aliphatic carbocycles. The summed E-state index contributed by atoms with van der Waals surface area (Å²) in [5, 5.41) is 12.3. The second-order valence-corrected chi connectivity index (χ2v) is 6.34. The van der Waals surface area contributed by atoms with Crippen molar-refractivity contribution in [1.82, 2.24) is 24.7 Å². The summed E-state index contributed by atoms with van der Waals surface area (Å²) in [6.45, 7) is 4.94. The highest BCUT2D eigenvalue weighted by molar-refractivity contribution is 7.05. The Bertz CT molecular complexity index is 555. The molecule has 3 rings (SSSR count). The Morgan fingerprint density at radius 2 is 2.25 bits per heavy atom. The van der Waals surface area contributed by atoms with E-state index in [1.807, 2.05) is 6.92 Å². The first-order chi connectivity index (χ1) is 9.74. The van der Waals surface area contributed by atoms with Crippen molar-refractivity contribution in [3.63, 3.8) is 0 Å². The van der Waals surface area contributed by atoms with Crippen LogP contribution in [0.15, 0.2) is 12.3 Å². The zero-order valence-corrected chi connectivity index (χ0v) is 12.9. The number of aryl methyl sites for hydroxylation is 1. The van der Waals surface area contributed by atoms with Crippen molar-refractivity contribution in [2.24, 2.45) is 0 Å². The van der Waals surface area contributed by atoms with E-state index in [4.69, 9.17) is 5.10 Å². The summed E-state index contributed by atoms with van der Waals surface area (Å²) in [5.41, 5.74) is 2.13. The normalized spacial score (nSPS) is 17.7. The lowest BCUT2D eigenvalue weighted by atomic mass is 10.2. The maximum atomic E-state index is 4.69. The summed E-state index contributed by atoms with van der Waals surface area (Å²) in [4.78, 5) is 1.21. The van der Waals surface area contributed by atoms with E-state index in [1.165, 1.54) is 42.1 Å².